The summed E-state index contributed by atoms with van der Waals surface area (Å²) in [5.41, 5.74) is 7.87. The lowest BCUT2D eigenvalue weighted by Gasteiger charge is -2.16. The molecular weight excluding hydrogens is 256 g/mol. The minimum atomic E-state index is -0.220. The molecule has 0 atom stereocenters. The summed E-state index contributed by atoms with van der Waals surface area (Å²) in [7, 11) is 0. The molecule has 0 aromatic heterocycles. The van der Waals surface area contributed by atoms with Crippen LogP contribution in [0.1, 0.15) is 24.0 Å². The molecule has 80 valence electrons. The van der Waals surface area contributed by atoms with Crippen LogP contribution in [0.25, 0.3) is 0 Å². The molecule has 0 amide bonds. The van der Waals surface area contributed by atoms with Crippen LogP contribution >= 0.6 is 15.9 Å². The minimum absolute atomic E-state index is 0.220. The largest absolute Gasteiger partial charge is 0.409 e. The minimum Gasteiger partial charge on any atom is -0.409 e. The van der Waals surface area contributed by atoms with Gasteiger partial charge in [0.1, 0.15) is 5.84 Å². The molecule has 0 aliphatic heterocycles. The Balaban J connectivity index is 2.50. The van der Waals surface area contributed by atoms with Crippen molar-refractivity contribution in [1.82, 2.24) is 0 Å². The fourth-order valence-electron chi connectivity index (χ4n) is 1.99. The summed E-state index contributed by atoms with van der Waals surface area (Å²) in [6.07, 6.45) is 1.92. The Labute approximate surface area is 97.1 Å². The van der Waals surface area contributed by atoms with Gasteiger partial charge in [-0.05, 0) is 43.0 Å². The van der Waals surface area contributed by atoms with E-state index in [1.54, 1.807) is 0 Å². The van der Waals surface area contributed by atoms with Gasteiger partial charge in [-0.2, -0.15) is 0 Å². The van der Waals surface area contributed by atoms with Crippen LogP contribution in [0.2, 0.25) is 0 Å². The predicted octanol–water partition coefficient (Wildman–Crippen LogP) is 2.54. The van der Waals surface area contributed by atoms with Gasteiger partial charge in [-0.3, -0.25) is 0 Å². The summed E-state index contributed by atoms with van der Waals surface area (Å²) < 4.78 is 1.03. The average Bonchev–Trinajstić information content (AvgIpc) is 3.01. The van der Waals surface area contributed by atoms with Crippen molar-refractivity contribution in [2.75, 3.05) is 0 Å². The van der Waals surface area contributed by atoms with Gasteiger partial charge in [-0.1, -0.05) is 27.2 Å². The van der Waals surface area contributed by atoms with Gasteiger partial charge < -0.3 is 10.9 Å². The molecule has 3 N–H and O–H groups in total. The lowest BCUT2D eigenvalue weighted by atomic mass is 9.91. The maximum Gasteiger partial charge on any atom is 0.149 e. The smallest absolute Gasteiger partial charge is 0.149 e. The fraction of sp³-hybridized carbons (Fsp3) is 0.364. The standard InChI is InChI=1S/C11H13BrN2O/c1-7-2-3-8(12)6-9(7)11(4-5-11)10(13)14-15/h2-3,6,15H,4-5H2,1H3,(H2,13,14). The number of amidine groups is 1. The highest BCUT2D eigenvalue weighted by Gasteiger charge is 2.49. The maximum atomic E-state index is 8.78. The predicted molar refractivity (Wildman–Crippen MR) is 63.2 cm³/mol. The summed E-state index contributed by atoms with van der Waals surface area (Å²) in [4.78, 5) is 0. The summed E-state index contributed by atoms with van der Waals surface area (Å²) in [6, 6.07) is 6.10. The normalized spacial score (nSPS) is 18.9. The molecule has 1 saturated carbocycles. The Kier molecular flexibility index (Phi) is 2.46. The van der Waals surface area contributed by atoms with E-state index < -0.39 is 0 Å². The van der Waals surface area contributed by atoms with Crippen molar-refractivity contribution < 1.29 is 5.21 Å². The zero-order valence-corrected chi connectivity index (χ0v) is 10.1. The molecular formula is C11H13BrN2O. The molecule has 15 heavy (non-hydrogen) atoms. The molecule has 3 nitrogen and oxygen atoms in total. The summed E-state index contributed by atoms with van der Waals surface area (Å²) in [5.74, 6) is 0.323. The van der Waals surface area contributed by atoms with Gasteiger partial charge in [0.05, 0.1) is 5.41 Å². The number of nitrogens with two attached hydrogens (primary N) is 1. The highest BCUT2D eigenvalue weighted by Crippen LogP contribution is 2.49. The van der Waals surface area contributed by atoms with Gasteiger partial charge in [0.2, 0.25) is 0 Å². The molecule has 1 aromatic carbocycles. The number of nitrogens with zero attached hydrogens (tertiary/aromatic N) is 1. The third-order valence-corrected chi connectivity index (χ3v) is 3.56. The van der Waals surface area contributed by atoms with Crippen LogP contribution in [0, 0.1) is 6.92 Å². The first kappa shape index (κ1) is 10.5. The van der Waals surface area contributed by atoms with Crippen LogP contribution in [-0.4, -0.2) is 11.0 Å². The Morgan fingerprint density at radius 2 is 2.20 bits per heavy atom. The second-order valence-corrected chi connectivity index (χ2v) is 4.94. The van der Waals surface area contributed by atoms with Crippen LogP contribution in [0.5, 0.6) is 0 Å². The van der Waals surface area contributed by atoms with E-state index in [4.69, 9.17) is 10.9 Å². The Hall–Kier alpha value is -1.03. The van der Waals surface area contributed by atoms with Crippen molar-refractivity contribution in [2.24, 2.45) is 10.9 Å². The van der Waals surface area contributed by atoms with Gasteiger partial charge in [0, 0.05) is 4.47 Å². The van der Waals surface area contributed by atoms with E-state index in [1.807, 2.05) is 19.1 Å². The molecule has 0 unspecified atom stereocenters. The van der Waals surface area contributed by atoms with E-state index in [2.05, 4.69) is 27.2 Å². The second-order valence-electron chi connectivity index (χ2n) is 4.03. The van der Waals surface area contributed by atoms with Crippen LogP contribution < -0.4 is 5.73 Å². The highest BCUT2D eigenvalue weighted by molar-refractivity contribution is 9.10. The van der Waals surface area contributed by atoms with Gasteiger partial charge in [-0.25, -0.2) is 0 Å². The number of hydrogen-bond acceptors (Lipinski definition) is 2. The van der Waals surface area contributed by atoms with E-state index in [9.17, 15) is 0 Å². The molecule has 0 bridgehead atoms. The van der Waals surface area contributed by atoms with Crippen molar-refractivity contribution in [3.05, 3.63) is 33.8 Å². The Morgan fingerprint density at radius 1 is 1.53 bits per heavy atom. The SMILES string of the molecule is Cc1ccc(Br)cc1C1(/C(N)=N\O)CC1. The van der Waals surface area contributed by atoms with Crippen LogP contribution in [0.15, 0.2) is 27.8 Å². The summed E-state index contributed by atoms with van der Waals surface area (Å²) in [6.45, 7) is 2.05. The van der Waals surface area contributed by atoms with E-state index in [-0.39, 0.29) is 5.41 Å². The van der Waals surface area contributed by atoms with Crippen molar-refractivity contribution in [1.29, 1.82) is 0 Å². The third-order valence-electron chi connectivity index (χ3n) is 3.06. The van der Waals surface area contributed by atoms with Gasteiger partial charge >= 0.3 is 0 Å². The van der Waals surface area contributed by atoms with Crippen molar-refractivity contribution in [3.63, 3.8) is 0 Å². The number of aryl methyl sites for hydroxylation is 1. The summed E-state index contributed by atoms with van der Waals surface area (Å²) in [5, 5.41) is 11.9. The first-order valence-electron chi connectivity index (χ1n) is 4.85. The van der Waals surface area contributed by atoms with E-state index in [1.165, 1.54) is 5.56 Å². The van der Waals surface area contributed by atoms with Crippen molar-refractivity contribution in [3.8, 4) is 0 Å². The van der Waals surface area contributed by atoms with Crippen LogP contribution in [0.3, 0.4) is 0 Å². The molecule has 0 radical (unpaired) electrons. The second kappa shape index (κ2) is 3.52. The van der Waals surface area contributed by atoms with E-state index >= 15 is 0 Å². The van der Waals surface area contributed by atoms with Gasteiger partial charge in [0.25, 0.3) is 0 Å². The topological polar surface area (TPSA) is 58.6 Å². The molecule has 1 fully saturated rings. The number of benzene rings is 1. The lowest BCUT2D eigenvalue weighted by Crippen LogP contribution is -2.29. The molecule has 1 aliphatic carbocycles. The number of hydrogen-bond donors (Lipinski definition) is 2. The number of rotatable bonds is 2. The van der Waals surface area contributed by atoms with Gasteiger partial charge in [0.15, 0.2) is 0 Å². The molecule has 1 aliphatic rings. The van der Waals surface area contributed by atoms with Crippen molar-refractivity contribution >= 4 is 21.8 Å². The zero-order valence-electron chi connectivity index (χ0n) is 8.50. The number of halogens is 1. The first-order valence-corrected chi connectivity index (χ1v) is 5.64. The fourth-order valence-corrected chi connectivity index (χ4v) is 2.36. The first-order chi connectivity index (χ1) is 7.10. The van der Waals surface area contributed by atoms with Crippen LogP contribution in [-0.2, 0) is 5.41 Å². The zero-order chi connectivity index (χ0) is 11.1. The average molecular weight is 269 g/mol. The molecule has 1 aromatic rings. The van der Waals surface area contributed by atoms with E-state index in [0.717, 1.165) is 22.9 Å². The maximum absolute atomic E-state index is 8.78. The van der Waals surface area contributed by atoms with Gasteiger partial charge in [-0.15, -0.1) is 0 Å². The third kappa shape index (κ3) is 1.63. The Morgan fingerprint density at radius 3 is 2.73 bits per heavy atom. The monoisotopic (exact) mass is 268 g/mol. The molecule has 0 heterocycles. The molecule has 0 saturated heterocycles. The van der Waals surface area contributed by atoms with Crippen molar-refractivity contribution in [2.45, 2.75) is 25.2 Å². The molecule has 4 heteroatoms. The lowest BCUT2D eigenvalue weighted by molar-refractivity contribution is 0.315. The van der Waals surface area contributed by atoms with Crippen LogP contribution in [0.4, 0.5) is 0 Å². The number of oxime groups is 1. The summed E-state index contributed by atoms with van der Waals surface area (Å²) >= 11 is 3.44. The molecule has 2 rings (SSSR count). The quantitative estimate of drug-likeness (QED) is 0.375. The highest BCUT2D eigenvalue weighted by atomic mass is 79.9. The van der Waals surface area contributed by atoms with E-state index in [0.29, 0.717) is 5.84 Å². The Bertz CT molecular complexity index is 425. The molecule has 0 spiro atoms.